The summed E-state index contributed by atoms with van der Waals surface area (Å²) in [5.74, 6) is -1.65. The molecule has 0 aliphatic rings. The monoisotopic (exact) mass is 247 g/mol. The molecule has 1 aromatic heterocycles. The first-order valence-electron chi connectivity index (χ1n) is 5.05. The maximum Gasteiger partial charge on any atom is 0.310 e. The Morgan fingerprint density at radius 1 is 1.53 bits per heavy atom. The van der Waals surface area contributed by atoms with E-state index in [-0.39, 0.29) is 17.9 Å². The number of hydrogen-bond acceptors (Lipinski definition) is 3. The summed E-state index contributed by atoms with van der Waals surface area (Å²) in [6.45, 7) is 3.05. The number of esters is 1. The van der Waals surface area contributed by atoms with E-state index in [1.54, 1.807) is 6.92 Å². The summed E-state index contributed by atoms with van der Waals surface area (Å²) < 4.78 is 43.5. The van der Waals surface area contributed by atoms with Gasteiger partial charge in [0.1, 0.15) is 5.82 Å². The summed E-state index contributed by atoms with van der Waals surface area (Å²) in [7, 11) is 0. The Morgan fingerprint density at radius 3 is 2.71 bits per heavy atom. The van der Waals surface area contributed by atoms with Crippen LogP contribution in [0.5, 0.6) is 0 Å². The van der Waals surface area contributed by atoms with E-state index in [9.17, 15) is 18.0 Å². The third-order valence-electron chi connectivity index (χ3n) is 2.22. The van der Waals surface area contributed by atoms with Crippen LogP contribution < -0.4 is 0 Å². The van der Waals surface area contributed by atoms with Gasteiger partial charge in [-0.1, -0.05) is 0 Å². The summed E-state index contributed by atoms with van der Waals surface area (Å²) in [4.78, 5) is 14.7. The largest absolute Gasteiger partial charge is 0.466 e. The predicted molar refractivity (Wildman–Crippen MR) is 54.2 cm³/mol. The van der Waals surface area contributed by atoms with Crippen LogP contribution in [0.25, 0.3) is 0 Å². The second kappa shape index (κ2) is 5.65. The minimum absolute atomic E-state index is 0.0145. The van der Waals surface area contributed by atoms with Gasteiger partial charge in [-0.15, -0.1) is 0 Å². The lowest BCUT2D eigenvalue weighted by atomic mass is 10.0. The van der Waals surface area contributed by atoms with Crippen LogP contribution in [0, 0.1) is 12.7 Å². The fourth-order valence-electron chi connectivity index (χ4n) is 1.47. The van der Waals surface area contributed by atoms with Crippen molar-refractivity contribution < 1.29 is 22.7 Å². The molecule has 1 rings (SSSR count). The number of carbonyl (C=O) groups excluding carboxylic acids is 1. The average molecular weight is 247 g/mol. The van der Waals surface area contributed by atoms with Gasteiger partial charge in [0.25, 0.3) is 6.43 Å². The Balaban J connectivity index is 3.12. The highest BCUT2D eigenvalue weighted by Crippen LogP contribution is 2.27. The number of halogens is 3. The second-order valence-corrected chi connectivity index (χ2v) is 3.37. The smallest absolute Gasteiger partial charge is 0.310 e. The number of ether oxygens (including phenoxy) is 1. The van der Waals surface area contributed by atoms with E-state index in [1.807, 2.05) is 0 Å². The zero-order valence-electron chi connectivity index (χ0n) is 9.47. The molecule has 3 nitrogen and oxygen atoms in total. The van der Waals surface area contributed by atoms with E-state index in [0.29, 0.717) is 0 Å². The van der Waals surface area contributed by atoms with Crippen molar-refractivity contribution in [3.63, 3.8) is 0 Å². The number of aromatic nitrogens is 1. The Hall–Kier alpha value is -1.59. The number of pyridine rings is 1. The molecule has 0 saturated heterocycles. The fourth-order valence-corrected chi connectivity index (χ4v) is 1.47. The van der Waals surface area contributed by atoms with Gasteiger partial charge in [-0.3, -0.25) is 9.78 Å². The Morgan fingerprint density at radius 2 is 2.18 bits per heavy atom. The quantitative estimate of drug-likeness (QED) is 0.767. The van der Waals surface area contributed by atoms with Crippen LogP contribution in [0.4, 0.5) is 13.2 Å². The molecule has 0 bridgehead atoms. The molecule has 0 atom stereocenters. The summed E-state index contributed by atoms with van der Waals surface area (Å²) >= 11 is 0. The van der Waals surface area contributed by atoms with Crippen LogP contribution in [0.3, 0.4) is 0 Å². The molecule has 0 aromatic carbocycles. The van der Waals surface area contributed by atoms with Crippen molar-refractivity contribution >= 4 is 5.97 Å². The molecule has 0 aliphatic carbocycles. The van der Waals surface area contributed by atoms with Gasteiger partial charge in [0.05, 0.1) is 19.2 Å². The van der Waals surface area contributed by atoms with Crippen molar-refractivity contribution in [3.05, 3.63) is 28.8 Å². The molecule has 0 radical (unpaired) electrons. The number of aryl methyl sites for hydroxylation is 1. The van der Waals surface area contributed by atoms with E-state index < -0.39 is 30.2 Å². The summed E-state index contributed by atoms with van der Waals surface area (Å²) in [5, 5.41) is 0. The van der Waals surface area contributed by atoms with Gasteiger partial charge in [0.15, 0.2) is 0 Å². The maximum absolute atomic E-state index is 13.4. The molecule has 0 aliphatic heterocycles. The highest BCUT2D eigenvalue weighted by molar-refractivity contribution is 5.73. The number of rotatable bonds is 4. The molecule has 94 valence electrons. The molecule has 0 amide bonds. The molecule has 6 heteroatoms. The predicted octanol–water partition coefficient (Wildman–Crippen LogP) is 2.57. The lowest BCUT2D eigenvalue weighted by molar-refractivity contribution is -0.142. The standard InChI is InChI=1S/C11H12F3NO2/c1-3-17-9(16)4-7-8(12)5-15-6(2)10(7)11(13)14/h5,11H,3-4H2,1-2H3. The molecular weight excluding hydrogens is 235 g/mol. The van der Waals surface area contributed by atoms with Crippen molar-refractivity contribution in [1.29, 1.82) is 0 Å². The zero-order valence-corrected chi connectivity index (χ0v) is 9.47. The van der Waals surface area contributed by atoms with Crippen molar-refractivity contribution in [2.24, 2.45) is 0 Å². The Kier molecular flexibility index (Phi) is 4.48. The molecule has 1 heterocycles. The molecule has 0 saturated carbocycles. The average Bonchev–Trinajstić information content (AvgIpc) is 2.23. The summed E-state index contributed by atoms with van der Waals surface area (Å²) in [6.07, 6.45) is -2.55. The van der Waals surface area contributed by atoms with Crippen LogP contribution in [-0.4, -0.2) is 17.6 Å². The Bertz CT molecular complexity index is 421. The van der Waals surface area contributed by atoms with Gasteiger partial charge in [-0.05, 0) is 13.8 Å². The van der Waals surface area contributed by atoms with Gasteiger partial charge in [-0.2, -0.15) is 0 Å². The lowest BCUT2D eigenvalue weighted by Crippen LogP contribution is -2.13. The molecule has 1 aromatic rings. The van der Waals surface area contributed by atoms with Gasteiger partial charge in [0.2, 0.25) is 0 Å². The second-order valence-electron chi connectivity index (χ2n) is 3.37. The number of alkyl halides is 2. The summed E-state index contributed by atoms with van der Waals surface area (Å²) in [5.41, 5.74) is -0.857. The van der Waals surface area contributed by atoms with Gasteiger partial charge < -0.3 is 4.74 Å². The van der Waals surface area contributed by atoms with Crippen molar-refractivity contribution in [2.45, 2.75) is 26.7 Å². The van der Waals surface area contributed by atoms with E-state index in [2.05, 4.69) is 9.72 Å². The lowest BCUT2D eigenvalue weighted by Gasteiger charge is -2.11. The molecule has 0 spiro atoms. The van der Waals surface area contributed by atoms with Crippen LogP contribution in [0.1, 0.15) is 30.2 Å². The highest BCUT2D eigenvalue weighted by Gasteiger charge is 2.22. The van der Waals surface area contributed by atoms with Crippen LogP contribution in [0.2, 0.25) is 0 Å². The minimum Gasteiger partial charge on any atom is -0.466 e. The number of hydrogen-bond donors (Lipinski definition) is 0. The first-order chi connectivity index (χ1) is 7.97. The molecule has 0 fully saturated rings. The number of nitrogens with zero attached hydrogens (tertiary/aromatic N) is 1. The first kappa shape index (κ1) is 13.5. The third-order valence-corrected chi connectivity index (χ3v) is 2.22. The van der Waals surface area contributed by atoms with E-state index in [4.69, 9.17) is 0 Å². The molecule has 17 heavy (non-hydrogen) atoms. The zero-order chi connectivity index (χ0) is 13.0. The first-order valence-corrected chi connectivity index (χ1v) is 5.05. The molecule has 0 unspecified atom stereocenters. The van der Waals surface area contributed by atoms with Gasteiger partial charge in [0, 0.05) is 16.8 Å². The number of carbonyl (C=O) groups is 1. The van der Waals surface area contributed by atoms with E-state index >= 15 is 0 Å². The Labute approximate surface area is 96.6 Å². The molecular formula is C11H12F3NO2. The van der Waals surface area contributed by atoms with Crippen molar-refractivity contribution in [2.75, 3.05) is 6.61 Å². The summed E-state index contributed by atoms with van der Waals surface area (Å²) in [6, 6.07) is 0. The highest BCUT2D eigenvalue weighted by atomic mass is 19.3. The van der Waals surface area contributed by atoms with Crippen molar-refractivity contribution in [3.8, 4) is 0 Å². The van der Waals surface area contributed by atoms with Crippen LogP contribution in [0.15, 0.2) is 6.20 Å². The topological polar surface area (TPSA) is 39.2 Å². The SMILES string of the molecule is CCOC(=O)Cc1c(F)cnc(C)c1C(F)F. The van der Waals surface area contributed by atoms with E-state index in [0.717, 1.165) is 6.20 Å². The van der Waals surface area contributed by atoms with Gasteiger partial charge in [-0.25, -0.2) is 13.2 Å². The molecule has 0 N–H and O–H groups in total. The van der Waals surface area contributed by atoms with Crippen LogP contribution >= 0.6 is 0 Å². The third kappa shape index (κ3) is 3.18. The van der Waals surface area contributed by atoms with E-state index in [1.165, 1.54) is 6.92 Å². The fraction of sp³-hybridized carbons (Fsp3) is 0.455. The normalized spacial score (nSPS) is 10.7. The van der Waals surface area contributed by atoms with Crippen molar-refractivity contribution in [1.82, 2.24) is 4.98 Å². The van der Waals surface area contributed by atoms with Gasteiger partial charge >= 0.3 is 5.97 Å². The van der Waals surface area contributed by atoms with Crippen LogP contribution in [-0.2, 0) is 16.0 Å². The minimum atomic E-state index is -2.87. The maximum atomic E-state index is 13.4.